The normalized spacial score (nSPS) is 9.67. The van der Waals surface area contributed by atoms with Crippen LogP contribution in [-0.4, -0.2) is 13.7 Å². The van der Waals surface area contributed by atoms with Crippen molar-refractivity contribution >= 4 is 0 Å². The fraction of sp³-hybridized carbons (Fsp3) is 0.222. The molecule has 0 amide bonds. The Morgan fingerprint density at radius 1 is 1.10 bits per heavy atom. The zero-order chi connectivity index (χ0) is 15.1. The fourth-order valence-corrected chi connectivity index (χ4v) is 1.92. The summed E-state index contributed by atoms with van der Waals surface area (Å²) in [7, 11) is 1.65. The van der Waals surface area contributed by atoms with Gasteiger partial charge in [0.15, 0.2) is 0 Å². The average molecular weight is 281 g/mol. The van der Waals surface area contributed by atoms with E-state index >= 15 is 0 Å². The first kappa shape index (κ1) is 15.0. The van der Waals surface area contributed by atoms with Crippen molar-refractivity contribution in [3.63, 3.8) is 0 Å². The molecular formula is C18H19NO2. The highest BCUT2D eigenvalue weighted by Gasteiger charge is 2.05. The van der Waals surface area contributed by atoms with Gasteiger partial charge in [0.25, 0.3) is 0 Å². The number of ether oxygens (including phenoxy) is 2. The van der Waals surface area contributed by atoms with Gasteiger partial charge in [-0.1, -0.05) is 29.5 Å². The van der Waals surface area contributed by atoms with E-state index in [1.54, 1.807) is 7.11 Å². The summed E-state index contributed by atoms with van der Waals surface area (Å²) in [5.41, 5.74) is 8.47. The van der Waals surface area contributed by atoms with E-state index in [4.69, 9.17) is 15.2 Å². The molecule has 0 aromatic heterocycles. The molecule has 21 heavy (non-hydrogen) atoms. The molecule has 0 bridgehead atoms. The second-order valence-corrected chi connectivity index (χ2v) is 4.63. The molecule has 2 N–H and O–H groups in total. The van der Waals surface area contributed by atoms with Gasteiger partial charge in [0, 0.05) is 11.1 Å². The molecule has 2 aromatic rings. The van der Waals surface area contributed by atoms with E-state index in [1.807, 2.05) is 49.4 Å². The molecule has 0 spiro atoms. The Balaban J connectivity index is 2.15. The molecule has 0 aliphatic rings. The lowest BCUT2D eigenvalue weighted by Gasteiger charge is -2.11. The minimum Gasteiger partial charge on any atom is -0.496 e. The number of aryl methyl sites for hydroxylation is 1. The monoisotopic (exact) mass is 281 g/mol. The number of benzene rings is 2. The van der Waals surface area contributed by atoms with Crippen LogP contribution in [0.4, 0.5) is 0 Å². The highest BCUT2D eigenvalue weighted by atomic mass is 16.5. The van der Waals surface area contributed by atoms with Gasteiger partial charge in [-0.2, -0.15) is 0 Å². The second-order valence-electron chi connectivity index (χ2n) is 4.63. The molecule has 0 radical (unpaired) electrons. The predicted molar refractivity (Wildman–Crippen MR) is 84.4 cm³/mol. The maximum Gasteiger partial charge on any atom is 0.125 e. The van der Waals surface area contributed by atoms with Crippen molar-refractivity contribution in [3.8, 4) is 23.3 Å². The van der Waals surface area contributed by atoms with E-state index < -0.39 is 0 Å². The average Bonchev–Trinajstić information content (AvgIpc) is 2.52. The van der Waals surface area contributed by atoms with Gasteiger partial charge in [-0.05, 0) is 37.3 Å². The molecule has 3 nitrogen and oxygen atoms in total. The zero-order valence-corrected chi connectivity index (χ0v) is 12.3. The van der Waals surface area contributed by atoms with Crippen LogP contribution in [0.1, 0.15) is 16.7 Å². The van der Waals surface area contributed by atoms with E-state index in [0.29, 0.717) is 13.2 Å². The van der Waals surface area contributed by atoms with Crippen molar-refractivity contribution in [2.75, 3.05) is 13.7 Å². The molecule has 0 saturated carbocycles. The minimum absolute atomic E-state index is 0.348. The van der Waals surface area contributed by atoms with Crippen LogP contribution < -0.4 is 15.2 Å². The zero-order valence-electron chi connectivity index (χ0n) is 12.3. The quantitative estimate of drug-likeness (QED) is 0.876. The van der Waals surface area contributed by atoms with Gasteiger partial charge in [0.05, 0.1) is 13.7 Å². The first-order valence-electron chi connectivity index (χ1n) is 6.78. The molecule has 2 aromatic carbocycles. The summed E-state index contributed by atoms with van der Waals surface area (Å²) in [6.45, 7) is 2.83. The second kappa shape index (κ2) is 7.37. The summed E-state index contributed by atoms with van der Waals surface area (Å²) in [6, 6.07) is 13.7. The predicted octanol–water partition coefficient (Wildman–Crippen LogP) is 2.89. The molecule has 2 rings (SSSR count). The van der Waals surface area contributed by atoms with E-state index in [0.717, 1.165) is 22.6 Å². The Kier molecular flexibility index (Phi) is 5.25. The summed E-state index contributed by atoms with van der Waals surface area (Å²) in [6.07, 6.45) is 0. The van der Waals surface area contributed by atoms with Crippen molar-refractivity contribution < 1.29 is 9.47 Å². The maximum atomic E-state index is 5.80. The van der Waals surface area contributed by atoms with E-state index in [-0.39, 0.29) is 0 Å². The third-order valence-electron chi connectivity index (χ3n) is 3.03. The van der Waals surface area contributed by atoms with Gasteiger partial charge < -0.3 is 15.2 Å². The molecule has 0 aliphatic heterocycles. The number of hydrogen-bond acceptors (Lipinski definition) is 3. The van der Waals surface area contributed by atoms with Gasteiger partial charge in [0.2, 0.25) is 0 Å². The van der Waals surface area contributed by atoms with E-state index in [1.165, 1.54) is 5.56 Å². The largest absolute Gasteiger partial charge is 0.496 e. The molecule has 108 valence electrons. The SMILES string of the molecule is COc1ccc(C#CCN)cc1COc1ccc(C)cc1. The molecule has 0 atom stereocenters. The van der Waals surface area contributed by atoms with Crippen LogP contribution in [0.3, 0.4) is 0 Å². The molecule has 0 unspecified atom stereocenters. The third kappa shape index (κ3) is 4.27. The minimum atomic E-state index is 0.348. The standard InChI is InChI=1S/C18H19NO2/c1-14-5-8-17(9-6-14)21-13-16-12-15(4-3-11-19)7-10-18(16)20-2/h5-10,12H,11,13,19H2,1-2H3. The van der Waals surface area contributed by atoms with Gasteiger partial charge in [0.1, 0.15) is 18.1 Å². The number of hydrogen-bond donors (Lipinski definition) is 1. The molecule has 0 fully saturated rings. The highest BCUT2D eigenvalue weighted by molar-refractivity contribution is 5.44. The van der Waals surface area contributed by atoms with Gasteiger partial charge in [-0.25, -0.2) is 0 Å². The van der Waals surface area contributed by atoms with Crippen molar-refractivity contribution in [2.45, 2.75) is 13.5 Å². The number of rotatable bonds is 4. The summed E-state index contributed by atoms with van der Waals surface area (Å²) in [5.74, 6) is 7.49. The molecule has 0 aliphatic carbocycles. The first-order chi connectivity index (χ1) is 10.2. The van der Waals surface area contributed by atoms with Crippen LogP contribution in [0.15, 0.2) is 42.5 Å². The molecular weight excluding hydrogens is 262 g/mol. The maximum absolute atomic E-state index is 5.80. The Morgan fingerprint density at radius 2 is 1.86 bits per heavy atom. The smallest absolute Gasteiger partial charge is 0.125 e. The van der Waals surface area contributed by atoms with Crippen LogP contribution in [0, 0.1) is 18.8 Å². The lowest BCUT2D eigenvalue weighted by molar-refractivity contribution is 0.296. The summed E-state index contributed by atoms with van der Waals surface area (Å²) in [5, 5.41) is 0. The Hall–Kier alpha value is -2.44. The Bertz CT molecular complexity index is 651. The van der Waals surface area contributed by atoms with Gasteiger partial charge in [-0.15, -0.1) is 0 Å². The molecule has 0 heterocycles. The van der Waals surface area contributed by atoms with E-state index in [2.05, 4.69) is 11.8 Å². The van der Waals surface area contributed by atoms with Gasteiger partial charge in [-0.3, -0.25) is 0 Å². The van der Waals surface area contributed by atoms with Crippen LogP contribution >= 0.6 is 0 Å². The van der Waals surface area contributed by atoms with Crippen LogP contribution in [0.25, 0.3) is 0 Å². The van der Waals surface area contributed by atoms with Gasteiger partial charge >= 0.3 is 0 Å². The lowest BCUT2D eigenvalue weighted by Crippen LogP contribution is -1.99. The lowest BCUT2D eigenvalue weighted by atomic mass is 10.1. The van der Waals surface area contributed by atoms with Crippen molar-refractivity contribution in [1.29, 1.82) is 0 Å². The molecule has 0 saturated heterocycles. The van der Waals surface area contributed by atoms with Crippen molar-refractivity contribution in [3.05, 3.63) is 59.2 Å². The van der Waals surface area contributed by atoms with E-state index in [9.17, 15) is 0 Å². The van der Waals surface area contributed by atoms with Crippen molar-refractivity contribution in [2.24, 2.45) is 5.73 Å². The number of nitrogens with two attached hydrogens (primary N) is 1. The number of methoxy groups -OCH3 is 1. The third-order valence-corrected chi connectivity index (χ3v) is 3.03. The van der Waals surface area contributed by atoms with Crippen LogP contribution in [0.5, 0.6) is 11.5 Å². The van der Waals surface area contributed by atoms with Crippen LogP contribution in [0.2, 0.25) is 0 Å². The highest BCUT2D eigenvalue weighted by Crippen LogP contribution is 2.22. The van der Waals surface area contributed by atoms with Crippen molar-refractivity contribution in [1.82, 2.24) is 0 Å². The topological polar surface area (TPSA) is 44.5 Å². The Labute approximate surface area is 125 Å². The summed E-state index contributed by atoms with van der Waals surface area (Å²) < 4.78 is 11.2. The Morgan fingerprint density at radius 3 is 2.52 bits per heavy atom. The molecule has 3 heteroatoms. The fourth-order valence-electron chi connectivity index (χ4n) is 1.92. The van der Waals surface area contributed by atoms with Crippen LogP contribution in [-0.2, 0) is 6.61 Å². The summed E-state index contributed by atoms with van der Waals surface area (Å²) >= 11 is 0. The summed E-state index contributed by atoms with van der Waals surface area (Å²) in [4.78, 5) is 0. The first-order valence-corrected chi connectivity index (χ1v) is 6.78.